The van der Waals surface area contributed by atoms with Crippen LogP contribution < -0.4 is 5.32 Å². The van der Waals surface area contributed by atoms with Crippen molar-refractivity contribution < 1.29 is 5.11 Å². The number of aliphatic hydroxyl groups excluding tert-OH is 1. The topological polar surface area (TPSA) is 32.3 Å². The normalized spacial score (nSPS) is 29.7. The Balaban J connectivity index is 1.65. The van der Waals surface area contributed by atoms with Crippen LogP contribution in [0, 0.1) is 23.2 Å². The molecule has 2 N–H and O–H groups in total. The third kappa shape index (κ3) is 5.38. The Morgan fingerprint density at radius 2 is 1.94 bits per heavy atom. The minimum atomic E-state index is -0.246. The molecule has 2 heteroatoms. The number of unbranched alkanes of at least 4 members (excludes halogenated alkanes) is 1. The molecular formula is C30H41NO. The van der Waals surface area contributed by atoms with Crippen molar-refractivity contribution in [2.45, 2.75) is 96.6 Å². The van der Waals surface area contributed by atoms with Crippen molar-refractivity contribution in [1.29, 1.82) is 0 Å². The van der Waals surface area contributed by atoms with Crippen LogP contribution in [0.5, 0.6) is 0 Å². The quantitative estimate of drug-likeness (QED) is 0.311. The Kier molecular flexibility index (Phi) is 7.93. The van der Waals surface area contributed by atoms with Crippen LogP contribution in [0.4, 0.5) is 0 Å². The van der Waals surface area contributed by atoms with Gasteiger partial charge in [-0.2, -0.15) is 0 Å². The smallest absolute Gasteiger partial charge is 0.0634 e. The Hall–Kier alpha value is -1.82. The summed E-state index contributed by atoms with van der Waals surface area (Å²) in [5.41, 5.74) is 5.07. The fourth-order valence-electron chi connectivity index (χ4n) is 5.78. The van der Waals surface area contributed by atoms with Crippen molar-refractivity contribution in [2.24, 2.45) is 11.3 Å². The van der Waals surface area contributed by atoms with E-state index in [1.54, 1.807) is 0 Å². The molecule has 32 heavy (non-hydrogen) atoms. The van der Waals surface area contributed by atoms with E-state index in [-0.39, 0.29) is 17.6 Å². The molecule has 3 aliphatic carbocycles. The van der Waals surface area contributed by atoms with Crippen LogP contribution in [-0.2, 0) is 0 Å². The van der Waals surface area contributed by atoms with E-state index in [2.05, 4.69) is 67.4 Å². The maximum Gasteiger partial charge on any atom is 0.0634 e. The lowest BCUT2D eigenvalue weighted by Gasteiger charge is -2.46. The van der Waals surface area contributed by atoms with Gasteiger partial charge in [-0.05, 0) is 68.7 Å². The minimum Gasteiger partial charge on any atom is -0.392 e. The number of rotatable bonds is 5. The van der Waals surface area contributed by atoms with Gasteiger partial charge in [0.15, 0.2) is 0 Å². The zero-order valence-electron chi connectivity index (χ0n) is 20.1. The summed E-state index contributed by atoms with van der Waals surface area (Å²) >= 11 is 0. The molecule has 0 bridgehead atoms. The van der Waals surface area contributed by atoms with Crippen LogP contribution in [0.15, 0.2) is 41.5 Å². The second kappa shape index (κ2) is 10.9. The fourth-order valence-corrected chi connectivity index (χ4v) is 5.78. The molecule has 3 aliphatic rings. The van der Waals surface area contributed by atoms with Crippen molar-refractivity contribution in [3.05, 3.63) is 52.6 Å². The largest absolute Gasteiger partial charge is 0.392 e. The number of hydrogen-bond acceptors (Lipinski definition) is 2. The molecule has 1 unspecified atom stereocenters. The van der Waals surface area contributed by atoms with Gasteiger partial charge in [0, 0.05) is 22.9 Å². The van der Waals surface area contributed by atoms with E-state index in [0.717, 1.165) is 37.8 Å². The van der Waals surface area contributed by atoms with E-state index in [1.165, 1.54) is 61.7 Å². The standard InChI is InChI=1S/C30H41NO/c1-3-4-19-31-28-21-27-15-10-16-29(32)30(27,2)22-26(28)20-25-14-9-8-13-24(25)18-17-23-11-6-5-7-12-23/h8-9,13-14,20-21,23,28-29,31-32H,3-7,10-12,15-16,19,22H2,1-2H3/b26-20+/t28?,29-,30-/m0/s1. The molecule has 1 aromatic carbocycles. The van der Waals surface area contributed by atoms with Gasteiger partial charge in [-0.3, -0.25) is 0 Å². The van der Waals surface area contributed by atoms with Gasteiger partial charge in [-0.1, -0.05) is 87.3 Å². The molecule has 0 radical (unpaired) electrons. The Morgan fingerprint density at radius 1 is 1.12 bits per heavy atom. The van der Waals surface area contributed by atoms with Crippen LogP contribution in [0.2, 0.25) is 0 Å². The first-order valence-corrected chi connectivity index (χ1v) is 13.0. The van der Waals surface area contributed by atoms with Crippen molar-refractivity contribution in [2.75, 3.05) is 6.54 Å². The summed E-state index contributed by atoms with van der Waals surface area (Å²) in [4.78, 5) is 0. The second-order valence-corrected chi connectivity index (χ2v) is 10.4. The van der Waals surface area contributed by atoms with Gasteiger partial charge in [0.05, 0.1) is 6.10 Å². The van der Waals surface area contributed by atoms with Crippen LogP contribution in [-0.4, -0.2) is 23.8 Å². The molecule has 3 atom stereocenters. The van der Waals surface area contributed by atoms with Crippen molar-refractivity contribution in [1.82, 2.24) is 5.32 Å². The van der Waals surface area contributed by atoms with E-state index < -0.39 is 0 Å². The van der Waals surface area contributed by atoms with Crippen LogP contribution in [0.1, 0.15) is 95.6 Å². The SMILES string of the molecule is CCCCNC1C=C2CCC[C@H](O)[C@@]2(C)C/C1=C\c1ccccc1C#CC1CCCCC1. The summed E-state index contributed by atoms with van der Waals surface area (Å²) in [5.74, 6) is 7.68. The van der Waals surface area contributed by atoms with Gasteiger partial charge in [0.25, 0.3) is 0 Å². The van der Waals surface area contributed by atoms with Gasteiger partial charge < -0.3 is 10.4 Å². The van der Waals surface area contributed by atoms with Gasteiger partial charge in [0.1, 0.15) is 0 Å². The molecule has 0 spiro atoms. The van der Waals surface area contributed by atoms with Crippen LogP contribution >= 0.6 is 0 Å². The van der Waals surface area contributed by atoms with Crippen molar-refractivity contribution in [3.63, 3.8) is 0 Å². The number of benzene rings is 1. The van der Waals surface area contributed by atoms with Crippen molar-refractivity contribution in [3.8, 4) is 11.8 Å². The molecular weight excluding hydrogens is 390 g/mol. The molecule has 1 aromatic rings. The maximum atomic E-state index is 10.9. The lowest BCUT2D eigenvalue weighted by Crippen LogP contribution is -2.45. The molecule has 2 saturated carbocycles. The van der Waals surface area contributed by atoms with Crippen LogP contribution in [0.25, 0.3) is 6.08 Å². The van der Waals surface area contributed by atoms with Crippen LogP contribution in [0.3, 0.4) is 0 Å². The summed E-state index contributed by atoms with van der Waals surface area (Å²) in [6.45, 7) is 5.55. The Morgan fingerprint density at radius 3 is 2.75 bits per heavy atom. The first kappa shape index (κ1) is 23.3. The number of nitrogens with one attached hydrogen (secondary N) is 1. The van der Waals surface area contributed by atoms with E-state index in [4.69, 9.17) is 0 Å². The predicted molar refractivity (Wildman–Crippen MR) is 135 cm³/mol. The maximum absolute atomic E-state index is 10.9. The van der Waals surface area contributed by atoms with E-state index >= 15 is 0 Å². The summed E-state index contributed by atoms with van der Waals surface area (Å²) in [6.07, 6.45) is 17.5. The minimum absolute atomic E-state index is 0.129. The molecule has 0 aromatic heterocycles. The van der Waals surface area contributed by atoms with Crippen molar-refractivity contribution >= 4 is 6.08 Å². The number of aliphatic hydroxyl groups is 1. The molecule has 0 amide bonds. The Labute approximate surface area is 195 Å². The molecule has 2 fully saturated rings. The van der Waals surface area contributed by atoms with E-state index in [1.807, 2.05) is 0 Å². The summed E-state index contributed by atoms with van der Waals surface area (Å²) in [7, 11) is 0. The second-order valence-electron chi connectivity index (χ2n) is 10.4. The zero-order chi connectivity index (χ0) is 22.4. The third-order valence-electron chi connectivity index (χ3n) is 7.94. The van der Waals surface area contributed by atoms with E-state index in [0.29, 0.717) is 5.92 Å². The first-order chi connectivity index (χ1) is 15.6. The van der Waals surface area contributed by atoms with Gasteiger partial charge in [0.2, 0.25) is 0 Å². The van der Waals surface area contributed by atoms with E-state index in [9.17, 15) is 5.11 Å². The Bertz CT molecular complexity index is 895. The van der Waals surface area contributed by atoms with Gasteiger partial charge in [-0.25, -0.2) is 0 Å². The van der Waals surface area contributed by atoms with Gasteiger partial charge in [-0.15, -0.1) is 0 Å². The highest BCUT2D eigenvalue weighted by Crippen LogP contribution is 2.49. The first-order valence-electron chi connectivity index (χ1n) is 13.0. The lowest BCUT2D eigenvalue weighted by molar-refractivity contribution is 0.0329. The fraction of sp³-hybridized carbons (Fsp3) is 0.600. The third-order valence-corrected chi connectivity index (χ3v) is 7.94. The number of hydrogen-bond donors (Lipinski definition) is 2. The highest BCUT2D eigenvalue weighted by Gasteiger charge is 2.43. The molecule has 0 heterocycles. The summed E-state index contributed by atoms with van der Waals surface area (Å²) < 4.78 is 0. The zero-order valence-corrected chi connectivity index (χ0v) is 20.1. The number of fused-ring (bicyclic) bond motifs is 1. The molecule has 0 saturated heterocycles. The molecule has 172 valence electrons. The molecule has 0 aliphatic heterocycles. The van der Waals surface area contributed by atoms with Gasteiger partial charge >= 0.3 is 0 Å². The average Bonchev–Trinajstić information content (AvgIpc) is 2.81. The highest BCUT2D eigenvalue weighted by molar-refractivity contribution is 5.63. The average molecular weight is 432 g/mol. The predicted octanol–water partition coefficient (Wildman–Crippen LogP) is 6.64. The summed E-state index contributed by atoms with van der Waals surface area (Å²) in [5, 5.41) is 14.7. The monoisotopic (exact) mass is 431 g/mol. The molecule has 4 rings (SSSR count). The lowest BCUT2D eigenvalue weighted by atomic mass is 9.62. The highest BCUT2D eigenvalue weighted by atomic mass is 16.3. The summed E-state index contributed by atoms with van der Waals surface area (Å²) in [6, 6.07) is 8.87. The molecule has 2 nitrogen and oxygen atoms in total.